The minimum absolute atomic E-state index is 0.642. The van der Waals surface area contributed by atoms with Crippen molar-refractivity contribution in [3.05, 3.63) is 47.2 Å². The average Bonchev–Trinajstić information content (AvgIpc) is 2.47. The fraction of sp³-hybridized carbons (Fsp3) is 0.100. The maximum absolute atomic E-state index is 5.98. The molecule has 0 saturated carbocycles. The van der Waals surface area contributed by atoms with Gasteiger partial charge in [-0.1, -0.05) is 29.8 Å². The summed E-state index contributed by atoms with van der Waals surface area (Å²) >= 11 is 5.98. The molecule has 66 valence electrons. The van der Waals surface area contributed by atoms with E-state index in [-0.39, 0.29) is 0 Å². The molecular formula is C10H9ClN2. The van der Waals surface area contributed by atoms with E-state index >= 15 is 0 Å². The smallest absolute Gasteiger partial charge is 0.133 e. The SMILES string of the molecule is Cc1cc(Cl)n(-c2ccccc2)n1. The van der Waals surface area contributed by atoms with Gasteiger partial charge >= 0.3 is 0 Å². The first kappa shape index (κ1) is 8.32. The summed E-state index contributed by atoms with van der Waals surface area (Å²) in [6, 6.07) is 11.7. The van der Waals surface area contributed by atoms with Crippen molar-refractivity contribution in [1.29, 1.82) is 0 Å². The zero-order valence-electron chi connectivity index (χ0n) is 7.24. The third-order valence-corrected chi connectivity index (χ3v) is 2.06. The van der Waals surface area contributed by atoms with Gasteiger partial charge in [0.1, 0.15) is 5.15 Å². The molecule has 2 nitrogen and oxygen atoms in total. The molecule has 0 radical (unpaired) electrons. The molecule has 0 aliphatic heterocycles. The second kappa shape index (κ2) is 3.23. The molecule has 0 aliphatic carbocycles. The van der Waals surface area contributed by atoms with Crippen LogP contribution in [-0.2, 0) is 0 Å². The van der Waals surface area contributed by atoms with Gasteiger partial charge in [0, 0.05) is 0 Å². The summed E-state index contributed by atoms with van der Waals surface area (Å²) in [5.74, 6) is 0. The summed E-state index contributed by atoms with van der Waals surface area (Å²) < 4.78 is 1.72. The van der Waals surface area contributed by atoms with Crippen LogP contribution in [-0.4, -0.2) is 9.78 Å². The van der Waals surface area contributed by atoms with Gasteiger partial charge in [-0.15, -0.1) is 0 Å². The van der Waals surface area contributed by atoms with Crippen LogP contribution >= 0.6 is 11.6 Å². The zero-order chi connectivity index (χ0) is 9.26. The van der Waals surface area contributed by atoms with Crippen LogP contribution in [0.4, 0.5) is 0 Å². The molecule has 13 heavy (non-hydrogen) atoms. The van der Waals surface area contributed by atoms with Crippen molar-refractivity contribution in [2.45, 2.75) is 6.92 Å². The van der Waals surface area contributed by atoms with Crippen molar-refractivity contribution in [3.63, 3.8) is 0 Å². The molecule has 1 heterocycles. The van der Waals surface area contributed by atoms with Crippen LogP contribution < -0.4 is 0 Å². The number of nitrogens with zero attached hydrogens (tertiary/aromatic N) is 2. The van der Waals surface area contributed by atoms with E-state index in [0.717, 1.165) is 11.4 Å². The van der Waals surface area contributed by atoms with Crippen molar-refractivity contribution in [2.75, 3.05) is 0 Å². The molecule has 0 fully saturated rings. The Kier molecular flexibility index (Phi) is 2.07. The minimum Gasteiger partial charge on any atom is -0.222 e. The Balaban J connectivity index is 2.53. The van der Waals surface area contributed by atoms with Crippen LogP contribution in [0.1, 0.15) is 5.69 Å². The zero-order valence-corrected chi connectivity index (χ0v) is 7.99. The van der Waals surface area contributed by atoms with Gasteiger partial charge in [0.2, 0.25) is 0 Å². The lowest BCUT2D eigenvalue weighted by molar-refractivity contribution is 0.863. The molecule has 0 unspecified atom stereocenters. The summed E-state index contributed by atoms with van der Waals surface area (Å²) in [6.07, 6.45) is 0. The molecule has 2 rings (SSSR count). The van der Waals surface area contributed by atoms with Gasteiger partial charge < -0.3 is 0 Å². The van der Waals surface area contributed by atoms with Gasteiger partial charge in [0.15, 0.2) is 0 Å². The van der Waals surface area contributed by atoms with Crippen LogP contribution in [0.15, 0.2) is 36.4 Å². The lowest BCUT2D eigenvalue weighted by atomic mass is 10.3. The number of benzene rings is 1. The Morgan fingerprint density at radius 3 is 2.46 bits per heavy atom. The van der Waals surface area contributed by atoms with Crippen LogP contribution in [0, 0.1) is 6.92 Å². The molecule has 0 spiro atoms. The quantitative estimate of drug-likeness (QED) is 0.680. The molecule has 1 aromatic heterocycles. The summed E-state index contributed by atoms with van der Waals surface area (Å²) in [4.78, 5) is 0. The van der Waals surface area contributed by atoms with Crippen molar-refractivity contribution in [1.82, 2.24) is 9.78 Å². The lowest BCUT2D eigenvalue weighted by Crippen LogP contribution is -1.95. The first-order chi connectivity index (χ1) is 6.27. The summed E-state index contributed by atoms with van der Waals surface area (Å²) in [6.45, 7) is 1.92. The molecular weight excluding hydrogens is 184 g/mol. The molecule has 1 aromatic carbocycles. The van der Waals surface area contributed by atoms with Gasteiger partial charge in [0.05, 0.1) is 11.4 Å². The molecule has 0 bridgehead atoms. The predicted molar refractivity (Wildman–Crippen MR) is 53.3 cm³/mol. The topological polar surface area (TPSA) is 17.8 Å². The first-order valence-electron chi connectivity index (χ1n) is 4.05. The Morgan fingerprint density at radius 2 is 1.92 bits per heavy atom. The van der Waals surface area contributed by atoms with Gasteiger partial charge in [-0.05, 0) is 25.1 Å². The van der Waals surface area contributed by atoms with Crippen LogP contribution in [0.2, 0.25) is 5.15 Å². The van der Waals surface area contributed by atoms with E-state index in [2.05, 4.69) is 5.10 Å². The number of halogens is 1. The highest BCUT2D eigenvalue weighted by Crippen LogP contribution is 2.16. The Bertz CT molecular complexity index is 406. The van der Waals surface area contributed by atoms with E-state index in [1.165, 1.54) is 0 Å². The Labute approximate surface area is 81.8 Å². The highest BCUT2D eigenvalue weighted by Gasteiger charge is 2.03. The largest absolute Gasteiger partial charge is 0.222 e. The number of hydrogen-bond donors (Lipinski definition) is 0. The predicted octanol–water partition coefficient (Wildman–Crippen LogP) is 2.83. The molecule has 3 heteroatoms. The van der Waals surface area contributed by atoms with Crippen molar-refractivity contribution in [2.24, 2.45) is 0 Å². The van der Waals surface area contributed by atoms with Crippen LogP contribution in [0.3, 0.4) is 0 Å². The number of hydrogen-bond acceptors (Lipinski definition) is 1. The minimum atomic E-state index is 0.642. The highest BCUT2D eigenvalue weighted by atomic mass is 35.5. The number of rotatable bonds is 1. The fourth-order valence-electron chi connectivity index (χ4n) is 1.22. The van der Waals surface area contributed by atoms with Crippen LogP contribution in [0.5, 0.6) is 0 Å². The second-order valence-electron chi connectivity index (χ2n) is 2.86. The summed E-state index contributed by atoms with van der Waals surface area (Å²) in [5.41, 5.74) is 1.91. The first-order valence-corrected chi connectivity index (χ1v) is 4.43. The Hall–Kier alpha value is -1.28. The standard InChI is InChI=1S/C10H9ClN2/c1-8-7-10(11)13(12-8)9-5-3-2-4-6-9/h2-7H,1H3. The third kappa shape index (κ3) is 1.58. The van der Waals surface area contributed by atoms with Gasteiger partial charge in [-0.25, -0.2) is 4.68 Å². The molecule has 2 aromatic rings. The normalized spacial score (nSPS) is 10.3. The summed E-state index contributed by atoms with van der Waals surface area (Å²) in [7, 11) is 0. The number of aryl methyl sites for hydroxylation is 1. The Morgan fingerprint density at radius 1 is 1.23 bits per heavy atom. The van der Waals surface area contributed by atoms with E-state index in [1.54, 1.807) is 4.68 Å². The molecule has 0 N–H and O–H groups in total. The average molecular weight is 193 g/mol. The van der Waals surface area contributed by atoms with E-state index in [4.69, 9.17) is 11.6 Å². The maximum atomic E-state index is 5.98. The maximum Gasteiger partial charge on any atom is 0.133 e. The molecule has 0 aliphatic rings. The molecule has 0 saturated heterocycles. The van der Waals surface area contributed by atoms with Crippen molar-refractivity contribution in [3.8, 4) is 5.69 Å². The van der Waals surface area contributed by atoms with Crippen LogP contribution in [0.25, 0.3) is 5.69 Å². The number of para-hydroxylation sites is 1. The van der Waals surface area contributed by atoms with Gasteiger partial charge in [-0.3, -0.25) is 0 Å². The van der Waals surface area contributed by atoms with Crippen molar-refractivity contribution >= 4 is 11.6 Å². The molecule has 0 amide bonds. The lowest BCUT2D eigenvalue weighted by Gasteiger charge is -2.00. The van der Waals surface area contributed by atoms with Gasteiger partial charge in [-0.2, -0.15) is 5.10 Å². The fourth-order valence-corrected chi connectivity index (χ4v) is 1.51. The van der Waals surface area contributed by atoms with Crippen molar-refractivity contribution < 1.29 is 0 Å². The third-order valence-electron chi connectivity index (χ3n) is 1.79. The van der Waals surface area contributed by atoms with E-state index in [9.17, 15) is 0 Å². The second-order valence-corrected chi connectivity index (χ2v) is 3.24. The molecule has 0 atom stereocenters. The van der Waals surface area contributed by atoms with E-state index < -0.39 is 0 Å². The number of aromatic nitrogens is 2. The van der Waals surface area contributed by atoms with Gasteiger partial charge in [0.25, 0.3) is 0 Å². The summed E-state index contributed by atoms with van der Waals surface area (Å²) in [5, 5.41) is 4.91. The van der Waals surface area contributed by atoms with E-state index in [0.29, 0.717) is 5.15 Å². The monoisotopic (exact) mass is 192 g/mol. The van der Waals surface area contributed by atoms with E-state index in [1.807, 2.05) is 43.3 Å². The highest BCUT2D eigenvalue weighted by molar-refractivity contribution is 6.29.